The molecule has 0 fully saturated rings. The molecule has 1 aromatic carbocycles. The van der Waals surface area contributed by atoms with E-state index in [1.54, 1.807) is 13.2 Å². The summed E-state index contributed by atoms with van der Waals surface area (Å²) in [6.07, 6.45) is 2.62. The first kappa shape index (κ1) is 14.1. The van der Waals surface area contributed by atoms with Gasteiger partial charge in [-0.05, 0) is 12.1 Å². The minimum atomic E-state index is -0.0267. The number of nitrogens with zero attached hydrogens (tertiary/aromatic N) is 1. The van der Waals surface area contributed by atoms with Crippen LogP contribution in [-0.2, 0) is 11.2 Å². The molecular formula is C15H18N2O3. The zero-order valence-electron chi connectivity index (χ0n) is 11.5. The van der Waals surface area contributed by atoms with Crippen molar-refractivity contribution >= 4 is 5.91 Å². The molecule has 5 heteroatoms. The van der Waals surface area contributed by atoms with E-state index >= 15 is 0 Å². The van der Waals surface area contributed by atoms with E-state index in [2.05, 4.69) is 10.3 Å². The zero-order valence-corrected chi connectivity index (χ0v) is 11.5. The lowest BCUT2D eigenvalue weighted by Gasteiger charge is -2.06. The molecular weight excluding hydrogens is 256 g/mol. The molecule has 1 aromatic heterocycles. The molecule has 1 N–H and O–H groups in total. The van der Waals surface area contributed by atoms with Crippen molar-refractivity contribution in [1.29, 1.82) is 0 Å². The molecule has 0 radical (unpaired) electrons. The maximum Gasteiger partial charge on any atom is 0.223 e. The van der Waals surface area contributed by atoms with Gasteiger partial charge in [0.05, 0.1) is 18.7 Å². The number of aryl methyl sites for hydroxylation is 1. The molecule has 0 spiro atoms. The molecule has 20 heavy (non-hydrogen) atoms. The van der Waals surface area contributed by atoms with Crippen molar-refractivity contribution in [3.8, 4) is 5.75 Å². The van der Waals surface area contributed by atoms with Gasteiger partial charge < -0.3 is 14.5 Å². The Morgan fingerprint density at radius 3 is 2.85 bits per heavy atom. The summed E-state index contributed by atoms with van der Waals surface area (Å²) in [6.45, 7) is 2.72. The standard InChI is InChI=1S/C15H18N2O3/c1-12-17-13(11-20-12)7-9-16-15(18)8-10-19-14-5-3-2-4-6-14/h2-6,11H,7-10H2,1H3,(H,16,18). The van der Waals surface area contributed by atoms with Crippen molar-refractivity contribution < 1.29 is 13.9 Å². The zero-order chi connectivity index (χ0) is 14.2. The molecule has 2 rings (SSSR count). The average molecular weight is 274 g/mol. The van der Waals surface area contributed by atoms with Crippen LogP contribution in [0.2, 0.25) is 0 Å². The van der Waals surface area contributed by atoms with Crippen LogP contribution in [0, 0.1) is 6.92 Å². The molecule has 0 saturated carbocycles. The number of ether oxygens (including phenoxy) is 1. The molecule has 5 nitrogen and oxygen atoms in total. The van der Waals surface area contributed by atoms with Crippen molar-refractivity contribution in [3.63, 3.8) is 0 Å². The summed E-state index contributed by atoms with van der Waals surface area (Å²) in [4.78, 5) is 15.8. The summed E-state index contributed by atoms with van der Waals surface area (Å²) in [5.74, 6) is 1.39. The summed E-state index contributed by atoms with van der Waals surface area (Å²) < 4.78 is 10.5. The lowest BCUT2D eigenvalue weighted by molar-refractivity contribution is -0.121. The third-order valence-corrected chi connectivity index (χ3v) is 2.71. The normalized spacial score (nSPS) is 10.2. The van der Waals surface area contributed by atoms with Gasteiger partial charge >= 0.3 is 0 Å². The van der Waals surface area contributed by atoms with Gasteiger partial charge in [-0.1, -0.05) is 18.2 Å². The number of aromatic nitrogens is 1. The highest BCUT2D eigenvalue weighted by Gasteiger charge is 2.03. The Labute approximate surface area is 118 Å². The molecule has 1 heterocycles. The van der Waals surface area contributed by atoms with Crippen molar-refractivity contribution in [2.75, 3.05) is 13.2 Å². The highest BCUT2D eigenvalue weighted by atomic mass is 16.5. The molecule has 0 unspecified atom stereocenters. The lowest BCUT2D eigenvalue weighted by Crippen LogP contribution is -2.27. The fourth-order valence-corrected chi connectivity index (χ4v) is 1.72. The van der Waals surface area contributed by atoms with Crippen LogP contribution in [0.1, 0.15) is 18.0 Å². The average Bonchev–Trinajstić information content (AvgIpc) is 2.86. The minimum absolute atomic E-state index is 0.0267. The number of benzene rings is 1. The number of nitrogens with one attached hydrogen (secondary N) is 1. The molecule has 0 saturated heterocycles. The number of para-hydroxylation sites is 1. The number of carbonyl (C=O) groups is 1. The van der Waals surface area contributed by atoms with E-state index in [0.717, 1.165) is 11.4 Å². The largest absolute Gasteiger partial charge is 0.493 e. The Morgan fingerprint density at radius 2 is 2.15 bits per heavy atom. The van der Waals surface area contributed by atoms with Gasteiger partial charge in [0, 0.05) is 19.9 Å². The summed E-state index contributed by atoms with van der Waals surface area (Å²) in [7, 11) is 0. The van der Waals surface area contributed by atoms with Crippen LogP contribution < -0.4 is 10.1 Å². The predicted octanol–water partition coefficient (Wildman–Crippen LogP) is 2.11. The monoisotopic (exact) mass is 274 g/mol. The summed E-state index contributed by atoms with van der Waals surface area (Å²) in [5, 5.41) is 2.83. The first-order valence-electron chi connectivity index (χ1n) is 6.59. The van der Waals surface area contributed by atoms with E-state index in [0.29, 0.717) is 31.9 Å². The summed E-state index contributed by atoms with van der Waals surface area (Å²) >= 11 is 0. The minimum Gasteiger partial charge on any atom is -0.493 e. The fraction of sp³-hybridized carbons (Fsp3) is 0.333. The van der Waals surface area contributed by atoms with Gasteiger partial charge in [0.2, 0.25) is 5.91 Å². The second-order valence-corrected chi connectivity index (χ2v) is 4.37. The molecule has 2 aromatic rings. The van der Waals surface area contributed by atoms with Crippen molar-refractivity contribution in [2.45, 2.75) is 19.8 Å². The third kappa shape index (κ3) is 4.76. The highest BCUT2D eigenvalue weighted by molar-refractivity contribution is 5.75. The SMILES string of the molecule is Cc1nc(CCNC(=O)CCOc2ccccc2)co1. The van der Waals surface area contributed by atoms with Gasteiger partial charge in [-0.3, -0.25) is 4.79 Å². The van der Waals surface area contributed by atoms with Crippen LogP contribution >= 0.6 is 0 Å². The van der Waals surface area contributed by atoms with Gasteiger partial charge in [-0.15, -0.1) is 0 Å². The molecule has 0 aliphatic carbocycles. The number of hydrogen-bond acceptors (Lipinski definition) is 4. The van der Waals surface area contributed by atoms with Gasteiger partial charge in [0.1, 0.15) is 12.0 Å². The van der Waals surface area contributed by atoms with Crippen LogP contribution in [0.5, 0.6) is 5.75 Å². The molecule has 0 atom stereocenters. The number of amides is 1. The topological polar surface area (TPSA) is 64.4 Å². The third-order valence-electron chi connectivity index (χ3n) is 2.71. The van der Waals surface area contributed by atoms with Gasteiger partial charge in [0.15, 0.2) is 5.89 Å². The Bertz CT molecular complexity index is 537. The van der Waals surface area contributed by atoms with E-state index in [1.165, 1.54) is 0 Å². The molecule has 0 aliphatic rings. The summed E-state index contributed by atoms with van der Waals surface area (Å²) in [6, 6.07) is 9.45. The van der Waals surface area contributed by atoms with E-state index in [-0.39, 0.29) is 5.91 Å². The van der Waals surface area contributed by atoms with Gasteiger partial charge in [-0.25, -0.2) is 4.98 Å². The van der Waals surface area contributed by atoms with Crippen molar-refractivity contribution in [1.82, 2.24) is 10.3 Å². The number of rotatable bonds is 7. The predicted molar refractivity (Wildman–Crippen MR) is 74.5 cm³/mol. The van der Waals surface area contributed by atoms with Crippen molar-refractivity contribution in [2.24, 2.45) is 0 Å². The van der Waals surface area contributed by atoms with E-state index < -0.39 is 0 Å². The Kier molecular flexibility index (Phi) is 5.17. The number of oxazole rings is 1. The van der Waals surface area contributed by atoms with Crippen LogP contribution in [0.4, 0.5) is 0 Å². The molecule has 106 valence electrons. The van der Waals surface area contributed by atoms with E-state index in [4.69, 9.17) is 9.15 Å². The van der Waals surface area contributed by atoms with Crippen LogP contribution in [0.25, 0.3) is 0 Å². The first-order chi connectivity index (χ1) is 9.74. The fourth-order valence-electron chi connectivity index (χ4n) is 1.72. The Morgan fingerprint density at radius 1 is 1.35 bits per heavy atom. The molecule has 0 aliphatic heterocycles. The molecule has 0 bridgehead atoms. The number of carbonyl (C=O) groups excluding carboxylic acids is 1. The van der Waals surface area contributed by atoms with E-state index in [9.17, 15) is 4.79 Å². The number of hydrogen-bond donors (Lipinski definition) is 1. The smallest absolute Gasteiger partial charge is 0.223 e. The summed E-state index contributed by atoms with van der Waals surface area (Å²) in [5.41, 5.74) is 0.850. The second kappa shape index (κ2) is 7.33. The van der Waals surface area contributed by atoms with Gasteiger partial charge in [0.25, 0.3) is 0 Å². The van der Waals surface area contributed by atoms with Crippen LogP contribution in [0.3, 0.4) is 0 Å². The van der Waals surface area contributed by atoms with Crippen molar-refractivity contribution in [3.05, 3.63) is 48.2 Å². The first-order valence-corrected chi connectivity index (χ1v) is 6.59. The van der Waals surface area contributed by atoms with Crippen LogP contribution in [0.15, 0.2) is 41.0 Å². The quantitative estimate of drug-likeness (QED) is 0.840. The second-order valence-electron chi connectivity index (χ2n) is 4.37. The lowest BCUT2D eigenvalue weighted by atomic mass is 10.3. The highest BCUT2D eigenvalue weighted by Crippen LogP contribution is 2.08. The van der Waals surface area contributed by atoms with E-state index in [1.807, 2.05) is 30.3 Å². The molecule has 1 amide bonds. The van der Waals surface area contributed by atoms with Crippen LogP contribution in [-0.4, -0.2) is 24.0 Å². The maximum absolute atomic E-state index is 11.6. The maximum atomic E-state index is 11.6. The van der Waals surface area contributed by atoms with Gasteiger partial charge in [-0.2, -0.15) is 0 Å². The Hall–Kier alpha value is -2.30. The Balaban J connectivity index is 1.59.